The third kappa shape index (κ3) is 2.85. The highest BCUT2D eigenvalue weighted by molar-refractivity contribution is 7.89. The Bertz CT molecular complexity index is 591. The van der Waals surface area contributed by atoms with Crippen molar-refractivity contribution >= 4 is 10.0 Å². The lowest BCUT2D eigenvalue weighted by Crippen LogP contribution is -2.52. The summed E-state index contributed by atoms with van der Waals surface area (Å²) in [5.41, 5.74) is 6.10. The van der Waals surface area contributed by atoms with E-state index in [0.29, 0.717) is 25.2 Å². The topological polar surface area (TPSA) is 66.6 Å². The Hall–Kier alpha value is -1.02. The van der Waals surface area contributed by atoms with Crippen LogP contribution in [0.1, 0.15) is 12.5 Å². The van der Waals surface area contributed by atoms with Crippen LogP contribution in [-0.4, -0.2) is 50.3 Å². The first-order valence-corrected chi connectivity index (χ1v) is 7.99. The van der Waals surface area contributed by atoms with Crippen LogP contribution < -0.4 is 5.73 Å². The summed E-state index contributed by atoms with van der Waals surface area (Å²) in [4.78, 5) is 1.78. The van der Waals surface area contributed by atoms with Crippen LogP contribution in [0.2, 0.25) is 0 Å². The van der Waals surface area contributed by atoms with Crippen molar-refractivity contribution in [3.05, 3.63) is 29.6 Å². The lowest BCUT2D eigenvalue weighted by atomic mass is 10.2. The number of hydrogen-bond acceptors (Lipinski definition) is 4. The van der Waals surface area contributed by atoms with Gasteiger partial charge in [0.25, 0.3) is 0 Å². The van der Waals surface area contributed by atoms with Crippen molar-refractivity contribution in [2.75, 3.05) is 26.7 Å². The molecule has 0 bridgehead atoms. The molecule has 5 nitrogen and oxygen atoms in total. The number of likely N-dealkylation sites (N-methyl/N-ethyl adjacent to an activating group) is 1. The molecule has 1 atom stereocenters. The minimum Gasteiger partial charge on any atom is -0.326 e. The van der Waals surface area contributed by atoms with Gasteiger partial charge >= 0.3 is 0 Å². The highest BCUT2D eigenvalue weighted by atomic mass is 32.2. The van der Waals surface area contributed by atoms with Crippen molar-refractivity contribution < 1.29 is 12.8 Å². The zero-order chi connectivity index (χ0) is 14.9. The number of sulfonamides is 1. The van der Waals surface area contributed by atoms with Gasteiger partial charge < -0.3 is 10.6 Å². The molecule has 0 aromatic heterocycles. The Labute approximate surface area is 119 Å². The molecule has 7 heteroatoms. The zero-order valence-electron chi connectivity index (χ0n) is 11.7. The van der Waals surface area contributed by atoms with E-state index >= 15 is 0 Å². The molecule has 0 radical (unpaired) electrons. The fourth-order valence-corrected chi connectivity index (χ4v) is 4.21. The van der Waals surface area contributed by atoms with Gasteiger partial charge in [0.1, 0.15) is 10.7 Å². The molecule has 0 spiro atoms. The molecule has 1 saturated heterocycles. The van der Waals surface area contributed by atoms with Crippen LogP contribution in [0.15, 0.2) is 23.1 Å². The van der Waals surface area contributed by atoms with Gasteiger partial charge in [-0.05, 0) is 31.7 Å². The van der Waals surface area contributed by atoms with Crippen LogP contribution >= 0.6 is 0 Å². The molecular weight excluding hydrogens is 281 g/mol. The zero-order valence-corrected chi connectivity index (χ0v) is 12.5. The first kappa shape index (κ1) is 15.4. The number of nitrogens with zero attached hydrogens (tertiary/aromatic N) is 2. The van der Waals surface area contributed by atoms with E-state index in [2.05, 4.69) is 4.90 Å². The van der Waals surface area contributed by atoms with Crippen molar-refractivity contribution in [3.63, 3.8) is 0 Å². The first-order chi connectivity index (χ1) is 9.36. The van der Waals surface area contributed by atoms with E-state index in [1.807, 2.05) is 14.0 Å². The van der Waals surface area contributed by atoms with Crippen molar-refractivity contribution in [3.8, 4) is 0 Å². The molecule has 0 amide bonds. The Morgan fingerprint density at radius 2 is 2.10 bits per heavy atom. The lowest BCUT2D eigenvalue weighted by molar-refractivity contribution is 0.170. The van der Waals surface area contributed by atoms with Gasteiger partial charge in [-0.1, -0.05) is 6.07 Å². The van der Waals surface area contributed by atoms with E-state index in [4.69, 9.17) is 5.73 Å². The van der Waals surface area contributed by atoms with E-state index in [-0.39, 0.29) is 17.5 Å². The van der Waals surface area contributed by atoms with Gasteiger partial charge in [0.05, 0.1) is 0 Å². The van der Waals surface area contributed by atoms with Gasteiger partial charge in [-0.2, -0.15) is 4.31 Å². The van der Waals surface area contributed by atoms with Gasteiger partial charge in [0.15, 0.2) is 0 Å². The summed E-state index contributed by atoms with van der Waals surface area (Å²) in [5.74, 6) is -0.728. The van der Waals surface area contributed by atoms with Crippen LogP contribution in [0, 0.1) is 5.82 Å². The normalized spacial score (nSPS) is 22.1. The molecule has 0 aliphatic carbocycles. The molecule has 1 aromatic rings. The molecule has 0 saturated carbocycles. The fourth-order valence-electron chi connectivity index (χ4n) is 2.48. The van der Waals surface area contributed by atoms with E-state index in [1.54, 1.807) is 0 Å². The second-order valence-electron chi connectivity index (χ2n) is 5.20. The number of halogens is 1. The molecule has 112 valence electrons. The maximum Gasteiger partial charge on any atom is 0.246 e. The SMILES string of the molecule is CC1CN(C)CCN1S(=O)(=O)c1cc(CN)ccc1F. The monoisotopic (exact) mass is 301 g/mol. The lowest BCUT2D eigenvalue weighted by Gasteiger charge is -2.37. The fraction of sp³-hybridized carbons (Fsp3) is 0.538. The molecule has 20 heavy (non-hydrogen) atoms. The highest BCUT2D eigenvalue weighted by Gasteiger charge is 2.34. The van der Waals surface area contributed by atoms with E-state index < -0.39 is 15.8 Å². The van der Waals surface area contributed by atoms with Gasteiger partial charge in [-0.15, -0.1) is 0 Å². The van der Waals surface area contributed by atoms with Crippen LogP contribution in [0.3, 0.4) is 0 Å². The number of piperazine rings is 1. The largest absolute Gasteiger partial charge is 0.326 e. The number of hydrogen-bond donors (Lipinski definition) is 1. The molecule has 1 fully saturated rings. The quantitative estimate of drug-likeness (QED) is 0.888. The smallest absolute Gasteiger partial charge is 0.246 e. The maximum atomic E-state index is 13.9. The van der Waals surface area contributed by atoms with E-state index in [9.17, 15) is 12.8 Å². The minimum atomic E-state index is -3.82. The average molecular weight is 301 g/mol. The van der Waals surface area contributed by atoms with Gasteiger partial charge in [0.2, 0.25) is 10.0 Å². The molecular formula is C13H20FN3O2S. The Morgan fingerprint density at radius 3 is 2.70 bits per heavy atom. The maximum absolute atomic E-state index is 13.9. The standard InChI is InChI=1S/C13H20FN3O2S/c1-10-9-16(2)5-6-17(10)20(18,19)13-7-11(8-15)3-4-12(13)14/h3-4,7,10H,5-6,8-9,15H2,1-2H3. The number of nitrogens with two attached hydrogens (primary N) is 1. The minimum absolute atomic E-state index is 0.181. The van der Waals surface area contributed by atoms with Gasteiger partial charge in [-0.25, -0.2) is 12.8 Å². The molecule has 1 aromatic carbocycles. The van der Waals surface area contributed by atoms with Crippen molar-refractivity contribution in [1.82, 2.24) is 9.21 Å². The van der Waals surface area contributed by atoms with Crippen LogP contribution in [0.4, 0.5) is 4.39 Å². The van der Waals surface area contributed by atoms with Crippen LogP contribution in [0.25, 0.3) is 0 Å². The number of benzene rings is 1. The summed E-state index contributed by atoms with van der Waals surface area (Å²) in [7, 11) is -1.88. The molecule has 1 unspecified atom stereocenters. The van der Waals surface area contributed by atoms with Gasteiger partial charge in [-0.3, -0.25) is 0 Å². The van der Waals surface area contributed by atoms with Gasteiger partial charge in [0, 0.05) is 32.2 Å². The van der Waals surface area contributed by atoms with Crippen molar-refractivity contribution in [2.45, 2.75) is 24.4 Å². The van der Waals surface area contributed by atoms with E-state index in [1.165, 1.54) is 16.4 Å². The first-order valence-electron chi connectivity index (χ1n) is 6.55. The van der Waals surface area contributed by atoms with Crippen molar-refractivity contribution in [2.24, 2.45) is 5.73 Å². The molecule has 1 aliphatic heterocycles. The Morgan fingerprint density at radius 1 is 1.40 bits per heavy atom. The summed E-state index contributed by atoms with van der Waals surface area (Å²) in [5, 5.41) is 0. The molecule has 1 aliphatic rings. The summed E-state index contributed by atoms with van der Waals surface area (Å²) >= 11 is 0. The summed E-state index contributed by atoms with van der Waals surface area (Å²) < 4.78 is 40.5. The van der Waals surface area contributed by atoms with Crippen LogP contribution in [-0.2, 0) is 16.6 Å². The molecule has 1 heterocycles. The van der Waals surface area contributed by atoms with E-state index in [0.717, 1.165) is 6.07 Å². The summed E-state index contributed by atoms with van der Waals surface area (Å²) in [6.45, 7) is 3.66. The number of rotatable bonds is 3. The van der Waals surface area contributed by atoms with Crippen molar-refractivity contribution in [1.29, 1.82) is 0 Å². The Kier molecular flexibility index (Phi) is 4.43. The predicted octanol–water partition coefficient (Wildman–Crippen LogP) is 0.609. The van der Waals surface area contributed by atoms with Crippen LogP contribution in [0.5, 0.6) is 0 Å². The predicted molar refractivity (Wildman–Crippen MR) is 75.1 cm³/mol. The summed E-state index contributed by atoms with van der Waals surface area (Å²) in [6.07, 6.45) is 0. The average Bonchev–Trinajstić information content (AvgIpc) is 2.38. The second kappa shape index (κ2) is 5.77. The molecule has 2 N–H and O–H groups in total. The summed E-state index contributed by atoms with van der Waals surface area (Å²) in [6, 6.07) is 3.81. The third-order valence-corrected chi connectivity index (χ3v) is 5.62. The highest BCUT2D eigenvalue weighted by Crippen LogP contribution is 2.24. The third-order valence-electron chi connectivity index (χ3n) is 3.59. The second-order valence-corrected chi connectivity index (χ2v) is 7.05. The molecule has 2 rings (SSSR count). The Balaban J connectivity index is 2.40.